The first-order chi connectivity index (χ1) is 14.6. The topological polar surface area (TPSA) is 106 Å². The van der Waals surface area contributed by atoms with Crippen molar-refractivity contribution in [1.82, 2.24) is 0 Å². The highest BCUT2D eigenvalue weighted by Gasteiger charge is 2.39. The minimum atomic E-state index is -1.21. The van der Waals surface area contributed by atoms with Crippen LogP contribution in [-0.2, 0) is 0 Å². The summed E-state index contributed by atoms with van der Waals surface area (Å²) < 4.78 is 11.1. The Morgan fingerprint density at radius 3 is 2.53 bits per heavy atom. The molecule has 30 heavy (non-hydrogen) atoms. The lowest BCUT2D eigenvalue weighted by molar-refractivity contribution is 0.0967. The molecule has 0 spiro atoms. The second-order valence-corrected chi connectivity index (χ2v) is 6.98. The molecule has 144 valence electrons. The molecule has 1 unspecified atom stereocenters. The average Bonchev–Trinajstić information content (AvgIpc) is 2.77. The van der Waals surface area contributed by atoms with E-state index in [0.717, 1.165) is 10.8 Å². The average molecular weight is 394 g/mol. The van der Waals surface area contributed by atoms with Crippen molar-refractivity contribution in [2.45, 2.75) is 5.92 Å². The molecule has 3 aromatic carbocycles. The molecule has 0 bridgehead atoms. The Kier molecular flexibility index (Phi) is 3.90. The van der Waals surface area contributed by atoms with Crippen LogP contribution in [0.3, 0.4) is 0 Å². The van der Waals surface area contributed by atoms with E-state index in [-0.39, 0.29) is 22.8 Å². The molecule has 1 aromatic heterocycles. The van der Waals surface area contributed by atoms with Crippen molar-refractivity contribution in [2.24, 2.45) is 5.73 Å². The summed E-state index contributed by atoms with van der Waals surface area (Å²) in [5.41, 5.74) is 5.81. The maximum absolute atomic E-state index is 13.5. The van der Waals surface area contributed by atoms with E-state index >= 15 is 0 Å². The van der Waals surface area contributed by atoms with Gasteiger partial charge in [0.2, 0.25) is 5.88 Å². The predicted octanol–water partition coefficient (Wildman–Crippen LogP) is 4.00. The van der Waals surface area contributed by atoms with Crippen LogP contribution in [-0.4, -0.2) is 5.78 Å². The third-order valence-corrected chi connectivity index (χ3v) is 5.27. The zero-order valence-corrected chi connectivity index (χ0v) is 15.6. The van der Waals surface area contributed by atoms with Crippen molar-refractivity contribution in [3.8, 4) is 11.8 Å². The van der Waals surface area contributed by atoms with E-state index < -0.39 is 17.3 Å². The highest BCUT2D eigenvalue weighted by molar-refractivity contribution is 6.07. The lowest BCUT2D eigenvalue weighted by Crippen LogP contribution is -2.30. The molecular weight excluding hydrogens is 380 g/mol. The first-order valence-corrected chi connectivity index (χ1v) is 9.25. The van der Waals surface area contributed by atoms with Crippen molar-refractivity contribution in [2.75, 3.05) is 0 Å². The summed E-state index contributed by atoms with van der Waals surface area (Å²) in [6.45, 7) is 0. The third kappa shape index (κ3) is 2.57. The fourth-order valence-electron chi connectivity index (χ4n) is 3.84. The number of ketones is 1. The number of para-hydroxylation sites is 1. The van der Waals surface area contributed by atoms with Crippen LogP contribution in [0.15, 0.2) is 87.4 Å². The van der Waals surface area contributed by atoms with Crippen LogP contribution in [0.25, 0.3) is 21.7 Å². The molecule has 6 nitrogen and oxygen atoms in total. The lowest BCUT2D eigenvalue weighted by atomic mass is 9.83. The van der Waals surface area contributed by atoms with Crippen molar-refractivity contribution in [1.29, 1.82) is 5.26 Å². The van der Waals surface area contributed by atoms with E-state index in [1.54, 1.807) is 36.4 Å². The third-order valence-electron chi connectivity index (χ3n) is 5.27. The van der Waals surface area contributed by atoms with E-state index in [1.807, 2.05) is 36.4 Å². The van der Waals surface area contributed by atoms with Gasteiger partial charge >= 0.3 is 5.63 Å². The number of allylic oxidation sites excluding steroid dienone is 1. The molecule has 4 aromatic rings. The maximum Gasteiger partial charge on any atom is 0.344 e. The Labute approximate surface area is 170 Å². The number of ether oxygens (including phenoxy) is 1. The smallest absolute Gasteiger partial charge is 0.344 e. The standard InChI is InChI=1S/C24H14N2O4/c25-12-17-19(21(27)15-10-9-13-5-1-2-6-14(13)11-15)20-22(30-23(17)26)16-7-3-4-8-18(16)29-24(20)28/h1-11,19H,26H2. The monoisotopic (exact) mass is 394 g/mol. The van der Waals surface area contributed by atoms with Crippen LogP contribution in [0, 0.1) is 11.3 Å². The van der Waals surface area contributed by atoms with Gasteiger partial charge in [-0.3, -0.25) is 4.79 Å². The number of fused-ring (bicyclic) bond motifs is 4. The zero-order chi connectivity index (χ0) is 20.8. The van der Waals surface area contributed by atoms with E-state index in [4.69, 9.17) is 14.9 Å². The van der Waals surface area contributed by atoms with Crippen LogP contribution < -0.4 is 16.1 Å². The lowest BCUT2D eigenvalue weighted by Gasteiger charge is -2.24. The molecule has 5 rings (SSSR count). The second-order valence-electron chi connectivity index (χ2n) is 6.98. The Hall–Kier alpha value is -4.37. The summed E-state index contributed by atoms with van der Waals surface area (Å²) in [5, 5.41) is 12.0. The van der Waals surface area contributed by atoms with E-state index in [1.165, 1.54) is 0 Å². The van der Waals surface area contributed by atoms with Crippen LogP contribution in [0.1, 0.15) is 21.8 Å². The highest BCUT2D eigenvalue weighted by Crippen LogP contribution is 2.41. The van der Waals surface area contributed by atoms with Crippen molar-refractivity contribution in [3.05, 3.63) is 99.7 Å². The number of hydrogen-bond acceptors (Lipinski definition) is 6. The largest absolute Gasteiger partial charge is 0.439 e. The van der Waals surface area contributed by atoms with Gasteiger partial charge in [-0.2, -0.15) is 5.26 Å². The molecule has 0 amide bonds. The number of benzene rings is 3. The second kappa shape index (κ2) is 6.61. The number of nitriles is 1. The molecule has 6 heteroatoms. The van der Waals surface area contributed by atoms with Gasteiger partial charge in [0.05, 0.1) is 16.9 Å². The fourth-order valence-corrected chi connectivity index (χ4v) is 3.84. The van der Waals surface area contributed by atoms with Gasteiger partial charge in [-0.05, 0) is 29.0 Å². The summed E-state index contributed by atoms with van der Waals surface area (Å²) in [4.78, 5) is 26.4. The highest BCUT2D eigenvalue weighted by atomic mass is 16.5. The first-order valence-electron chi connectivity index (χ1n) is 9.25. The molecule has 0 saturated carbocycles. The molecule has 2 N–H and O–H groups in total. The molecular formula is C24H14N2O4. The molecule has 0 aliphatic carbocycles. The Balaban J connectivity index is 1.76. The van der Waals surface area contributed by atoms with Gasteiger partial charge in [-0.25, -0.2) is 4.79 Å². The normalized spacial score (nSPS) is 15.5. The number of nitrogens with two attached hydrogens (primary N) is 1. The minimum Gasteiger partial charge on any atom is -0.439 e. The molecule has 0 fully saturated rings. The molecule has 1 atom stereocenters. The number of rotatable bonds is 2. The van der Waals surface area contributed by atoms with Crippen molar-refractivity contribution in [3.63, 3.8) is 0 Å². The number of nitrogens with zero attached hydrogens (tertiary/aromatic N) is 1. The molecule has 0 radical (unpaired) electrons. The Bertz CT molecular complexity index is 1490. The van der Waals surface area contributed by atoms with Crippen molar-refractivity contribution < 1.29 is 13.9 Å². The van der Waals surface area contributed by atoms with Gasteiger partial charge in [0.1, 0.15) is 17.2 Å². The Morgan fingerprint density at radius 1 is 1.00 bits per heavy atom. The van der Waals surface area contributed by atoms with Gasteiger partial charge in [0.15, 0.2) is 11.5 Å². The minimum absolute atomic E-state index is 0.0161. The van der Waals surface area contributed by atoms with Gasteiger partial charge < -0.3 is 14.9 Å². The Morgan fingerprint density at radius 2 is 1.73 bits per heavy atom. The number of carbonyl (C=O) groups excluding carboxylic acids is 1. The maximum atomic E-state index is 13.5. The predicted molar refractivity (Wildman–Crippen MR) is 111 cm³/mol. The number of Topliss-reactive ketones (excluding diaryl/α,β-unsaturated/α-hetero) is 1. The SMILES string of the molecule is N#CC1=C(N)Oc2c(c(=O)oc3ccccc23)C1C(=O)c1ccc2ccccc2c1. The number of carbonyl (C=O) groups is 1. The summed E-state index contributed by atoms with van der Waals surface area (Å²) in [5.74, 6) is -1.68. The summed E-state index contributed by atoms with van der Waals surface area (Å²) in [7, 11) is 0. The van der Waals surface area contributed by atoms with Crippen LogP contribution in [0.2, 0.25) is 0 Å². The van der Waals surface area contributed by atoms with Crippen LogP contribution >= 0.6 is 0 Å². The number of hydrogen-bond donors (Lipinski definition) is 1. The quantitative estimate of drug-likeness (QED) is 0.407. The van der Waals surface area contributed by atoms with E-state index in [9.17, 15) is 14.9 Å². The fraction of sp³-hybridized carbons (Fsp3) is 0.0417. The molecule has 1 aliphatic heterocycles. The summed E-state index contributed by atoms with van der Waals surface area (Å²) in [6.07, 6.45) is 0. The molecule has 1 aliphatic rings. The van der Waals surface area contributed by atoms with Gasteiger partial charge in [-0.1, -0.05) is 48.5 Å². The molecule has 2 heterocycles. The van der Waals surface area contributed by atoms with E-state index in [0.29, 0.717) is 16.5 Å². The summed E-state index contributed by atoms with van der Waals surface area (Å²) >= 11 is 0. The molecule has 0 saturated heterocycles. The van der Waals surface area contributed by atoms with Crippen molar-refractivity contribution >= 4 is 27.5 Å². The van der Waals surface area contributed by atoms with Crippen LogP contribution in [0.5, 0.6) is 5.75 Å². The summed E-state index contributed by atoms with van der Waals surface area (Å²) in [6, 6.07) is 21.6. The van der Waals surface area contributed by atoms with Gasteiger partial charge in [0, 0.05) is 5.56 Å². The van der Waals surface area contributed by atoms with Gasteiger partial charge in [0.25, 0.3) is 0 Å². The van der Waals surface area contributed by atoms with Crippen LogP contribution in [0.4, 0.5) is 0 Å². The zero-order valence-electron chi connectivity index (χ0n) is 15.6. The first kappa shape index (κ1) is 17.7. The van der Waals surface area contributed by atoms with E-state index in [2.05, 4.69) is 0 Å². The van der Waals surface area contributed by atoms with Gasteiger partial charge in [-0.15, -0.1) is 0 Å².